The fourth-order valence-corrected chi connectivity index (χ4v) is 4.50. The van der Waals surface area contributed by atoms with Crippen molar-refractivity contribution < 1.29 is 22.7 Å². The Labute approximate surface area is 165 Å². The predicted molar refractivity (Wildman–Crippen MR) is 105 cm³/mol. The van der Waals surface area contributed by atoms with Gasteiger partial charge >= 0.3 is 0 Å². The molecule has 1 aliphatic heterocycles. The number of rotatable bonds is 7. The van der Waals surface area contributed by atoms with Crippen LogP contribution in [0.1, 0.15) is 42.7 Å². The molecule has 7 nitrogen and oxygen atoms in total. The van der Waals surface area contributed by atoms with Crippen LogP contribution < -0.4 is 14.8 Å². The van der Waals surface area contributed by atoms with Gasteiger partial charge in [-0.15, -0.1) is 0 Å². The molecule has 0 unspecified atom stereocenters. The average Bonchev–Trinajstić information content (AvgIpc) is 3.16. The number of hydrogen-bond donors (Lipinski definition) is 1. The molecule has 0 bridgehead atoms. The van der Waals surface area contributed by atoms with Crippen molar-refractivity contribution in [3.63, 3.8) is 0 Å². The van der Waals surface area contributed by atoms with E-state index in [1.807, 2.05) is 20.8 Å². The van der Waals surface area contributed by atoms with Crippen LogP contribution in [-0.2, 0) is 10.0 Å². The summed E-state index contributed by atoms with van der Waals surface area (Å²) < 4.78 is 37.1. The quantitative estimate of drug-likeness (QED) is 0.767. The van der Waals surface area contributed by atoms with E-state index in [-0.39, 0.29) is 23.6 Å². The predicted octanol–water partition coefficient (Wildman–Crippen LogP) is 2.94. The van der Waals surface area contributed by atoms with Crippen LogP contribution in [0.25, 0.3) is 0 Å². The van der Waals surface area contributed by atoms with Gasteiger partial charge in [0, 0.05) is 18.7 Å². The number of sulfonamides is 1. The molecule has 0 fully saturated rings. The van der Waals surface area contributed by atoms with Gasteiger partial charge in [0.1, 0.15) is 0 Å². The third-order valence-electron chi connectivity index (χ3n) is 4.71. The largest absolute Gasteiger partial charge is 0.454 e. The summed E-state index contributed by atoms with van der Waals surface area (Å²) in [6, 6.07) is 11.3. The minimum atomic E-state index is -3.50. The lowest BCUT2D eigenvalue weighted by Crippen LogP contribution is -2.30. The second-order valence-electron chi connectivity index (χ2n) is 6.42. The Balaban J connectivity index is 1.71. The van der Waals surface area contributed by atoms with Gasteiger partial charge in [0.15, 0.2) is 11.5 Å². The molecule has 3 rings (SSSR count). The Morgan fingerprint density at radius 2 is 1.71 bits per heavy atom. The van der Waals surface area contributed by atoms with E-state index in [2.05, 4.69) is 5.32 Å². The molecule has 0 aliphatic carbocycles. The zero-order chi connectivity index (χ0) is 20.3. The van der Waals surface area contributed by atoms with Crippen LogP contribution >= 0.6 is 0 Å². The molecule has 8 heteroatoms. The molecular formula is C20H24N2O5S. The highest BCUT2D eigenvalue weighted by atomic mass is 32.2. The zero-order valence-electron chi connectivity index (χ0n) is 16.1. The van der Waals surface area contributed by atoms with E-state index < -0.39 is 10.0 Å². The lowest BCUT2D eigenvalue weighted by molar-refractivity contribution is 0.0939. The first-order valence-corrected chi connectivity index (χ1v) is 10.6. The van der Waals surface area contributed by atoms with Crippen molar-refractivity contribution in [1.82, 2.24) is 9.62 Å². The lowest BCUT2D eigenvalue weighted by Gasteiger charge is -2.19. The van der Waals surface area contributed by atoms with Crippen LogP contribution in [0.4, 0.5) is 0 Å². The maximum absolute atomic E-state index is 12.6. The van der Waals surface area contributed by atoms with Gasteiger partial charge in [-0.25, -0.2) is 8.42 Å². The number of hydrogen-bond acceptors (Lipinski definition) is 5. The highest BCUT2D eigenvalue weighted by molar-refractivity contribution is 7.89. The number of nitrogens with zero attached hydrogens (tertiary/aromatic N) is 1. The molecule has 0 saturated heterocycles. The first-order valence-electron chi connectivity index (χ1n) is 9.17. The average molecular weight is 404 g/mol. The monoisotopic (exact) mass is 404 g/mol. The van der Waals surface area contributed by atoms with Crippen molar-refractivity contribution in [3.8, 4) is 11.5 Å². The van der Waals surface area contributed by atoms with E-state index in [1.165, 1.54) is 4.31 Å². The summed E-state index contributed by atoms with van der Waals surface area (Å²) in [5.74, 6) is 0.923. The van der Waals surface area contributed by atoms with Crippen molar-refractivity contribution >= 4 is 15.9 Å². The van der Waals surface area contributed by atoms with Crippen molar-refractivity contribution in [3.05, 3.63) is 53.6 Å². The van der Waals surface area contributed by atoms with Crippen LogP contribution in [0.3, 0.4) is 0 Å². The first-order chi connectivity index (χ1) is 13.4. The molecule has 1 amide bonds. The van der Waals surface area contributed by atoms with Gasteiger partial charge in [0.05, 0.1) is 10.9 Å². The Bertz CT molecular complexity index is 953. The van der Waals surface area contributed by atoms with E-state index in [9.17, 15) is 13.2 Å². The zero-order valence-corrected chi connectivity index (χ0v) is 17.0. The number of amides is 1. The van der Waals surface area contributed by atoms with E-state index in [1.54, 1.807) is 42.5 Å². The van der Waals surface area contributed by atoms with Crippen LogP contribution in [0.15, 0.2) is 47.4 Å². The summed E-state index contributed by atoms with van der Waals surface area (Å²) >= 11 is 0. The summed E-state index contributed by atoms with van der Waals surface area (Å²) in [6.45, 7) is 6.45. The summed E-state index contributed by atoms with van der Waals surface area (Å²) in [6.07, 6.45) is 0. The Hall–Kier alpha value is -2.58. The Morgan fingerprint density at radius 3 is 2.36 bits per heavy atom. The van der Waals surface area contributed by atoms with Gasteiger partial charge in [0.2, 0.25) is 16.8 Å². The number of nitrogens with one attached hydrogen (secondary N) is 1. The highest BCUT2D eigenvalue weighted by Crippen LogP contribution is 2.32. The number of benzene rings is 2. The molecule has 0 aromatic heterocycles. The summed E-state index contributed by atoms with van der Waals surface area (Å²) in [4.78, 5) is 12.8. The van der Waals surface area contributed by atoms with Gasteiger partial charge in [-0.3, -0.25) is 4.79 Å². The SMILES string of the molecule is CCN(CC)S(=O)(=O)c1ccc([C@H](C)NC(=O)c2ccc3c(c2)OCO3)cc1. The summed E-state index contributed by atoms with van der Waals surface area (Å²) in [5.41, 5.74) is 1.28. The van der Waals surface area contributed by atoms with Gasteiger partial charge in [0.25, 0.3) is 5.91 Å². The van der Waals surface area contributed by atoms with Crippen molar-refractivity contribution in [2.75, 3.05) is 19.9 Å². The molecule has 0 radical (unpaired) electrons. The molecule has 0 saturated carbocycles. The van der Waals surface area contributed by atoms with Crippen molar-refractivity contribution in [1.29, 1.82) is 0 Å². The topological polar surface area (TPSA) is 84.9 Å². The van der Waals surface area contributed by atoms with E-state index in [0.717, 1.165) is 5.56 Å². The van der Waals surface area contributed by atoms with E-state index in [4.69, 9.17) is 9.47 Å². The third-order valence-corrected chi connectivity index (χ3v) is 6.77. The number of fused-ring (bicyclic) bond motifs is 1. The Morgan fingerprint density at radius 1 is 1.07 bits per heavy atom. The Kier molecular flexibility index (Phi) is 5.90. The molecule has 1 heterocycles. The molecule has 1 N–H and O–H groups in total. The number of carbonyl (C=O) groups is 1. The number of carbonyl (C=O) groups excluding carboxylic acids is 1. The molecular weight excluding hydrogens is 380 g/mol. The standard InChI is InChI=1S/C20H24N2O5S/c1-4-22(5-2)28(24,25)17-9-6-15(7-10-17)14(3)21-20(23)16-8-11-18-19(12-16)27-13-26-18/h6-12,14H,4-5,13H2,1-3H3,(H,21,23)/t14-/m0/s1. The smallest absolute Gasteiger partial charge is 0.251 e. The third kappa shape index (κ3) is 3.98. The molecule has 28 heavy (non-hydrogen) atoms. The minimum absolute atomic E-state index is 0.152. The summed E-state index contributed by atoms with van der Waals surface area (Å²) in [5, 5.41) is 2.91. The van der Waals surface area contributed by atoms with Crippen LogP contribution in [-0.4, -0.2) is 38.5 Å². The van der Waals surface area contributed by atoms with Gasteiger partial charge in [-0.2, -0.15) is 4.31 Å². The van der Waals surface area contributed by atoms with Crippen LogP contribution in [0.5, 0.6) is 11.5 Å². The molecule has 150 valence electrons. The van der Waals surface area contributed by atoms with E-state index in [0.29, 0.717) is 30.2 Å². The maximum Gasteiger partial charge on any atom is 0.251 e. The van der Waals surface area contributed by atoms with Crippen LogP contribution in [0, 0.1) is 0 Å². The molecule has 1 aliphatic rings. The van der Waals surface area contributed by atoms with Gasteiger partial charge < -0.3 is 14.8 Å². The van der Waals surface area contributed by atoms with E-state index >= 15 is 0 Å². The first kappa shape index (κ1) is 20.2. The lowest BCUT2D eigenvalue weighted by atomic mass is 10.1. The fraction of sp³-hybridized carbons (Fsp3) is 0.350. The fourth-order valence-electron chi connectivity index (χ4n) is 3.04. The second-order valence-corrected chi connectivity index (χ2v) is 8.36. The normalized spacial score (nSPS) is 14.1. The van der Waals surface area contributed by atoms with Crippen LogP contribution in [0.2, 0.25) is 0 Å². The minimum Gasteiger partial charge on any atom is -0.454 e. The molecule has 1 atom stereocenters. The summed E-state index contributed by atoms with van der Waals surface area (Å²) in [7, 11) is -3.50. The van der Waals surface area contributed by atoms with Gasteiger partial charge in [-0.1, -0.05) is 26.0 Å². The molecule has 2 aromatic rings. The molecule has 2 aromatic carbocycles. The maximum atomic E-state index is 12.6. The van der Waals surface area contributed by atoms with Crippen molar-refractivity contribution in [2.45, 2.75) is 31.7 Å². The van der Waals surface area contributed by atoms with Gasteiger partial charge in [-0.05, 0) is 42.8 Å². The highest BCUT2D eigenvalue weighted by Gasteiger charge is 2.22. The second kappa shape index (κ2) is 8.20. The molecule has 0 spiro atoms. The van der Waals surface area contributed by atoms with Crippen molar-refractivity contribution in [2.24, 2.45) is 0 Å². The number of ether oxygens (including phenoxy) is 2.